The third-order valence-corrected chi connectivity index (χ3v) is 5.31. The minimum Gasteiger partial charge on any atom is -0.452 e. The maximum absolute atomic E-state index is 12.6. The molecule has 0 saturated heterocycles. The molecular weight excluding hydrogens is 346 g/mol. The molecule has 5 heteroatoms. The molecule has 0 aliphatic heterocycles. The fraction of sp³-hybridized carbons (Fsp3) is 0.333. The molecule has 1 saturated carbocycles. The number of rotatable bonds is 7. The van der Waals surface area contributed by atoms with Crippen molar-refractivity contribution in [2.45, 2.75) is 32.7 Å². The number of amides is 1. The lowest BCUT2D eigenvalue weighted by Gasteiger charge is -2.13. The second kappa shape index (κ2) is 8.32. The number of esters is 1. The minimum atomic E-state index is -0.483. The lowest BCUT2D eigenvalue weighted by Crippen LogP contribution is -2.37. The summed E-state index contributed by atoms with van der Waals surface area (Å²) in [6.07, 6.45) is 4.12. The Kier molecular flexibility index (Phi) is 5.89. The van der Waals surface area contributed by atoms with E-state index >= 15 is 0 Å². The molecule has 2 aromatic rings. The van der Waals surface area contributed by atoms with Crippen LogP contribution >= 0.6 is 11.3 Å². The predicted molar refractivity (Wildman–Crippen MR) is 105 cm³/mol. The van der Waals surface area contributed by atoms with Crippen molar-refractivity contribution in [3.63, 3.8) is 0 Å². The SMILES string of the molecule is Cc1cccc(/C=C(/C(=O)OCC(=O)N[C@H](C)C2CC2)c2cccs2)c1. The van der Waals surface area contributed by atoms with E-state index in [0.717, 1.165) is 28.8 Å². The summed E-state index contributed by atoms with van der Waals surface area (Å²) < 4.78 is 5.28. The summed E-state index contributed by atoms with van der Waals surface area (Å²) in [4.78, 5) is 25.4. The smallest absolute Gasteiger partial charge is 0.340 e. The Morgan fingerprint density at radius 1 is 1.31 bits per heavy atom. The van der Waals surface area contributed by atoms with Crippen molar-refractivity contribution in [2.75, 3.05) is 6.61 Å². The van der Waals surface area contributed by atoms with Crippen LogP contribution in [0.5, 0.6) is 0 Å². The van der Waals surface area contributed by atoms with Gasteiger partial charge in [-0.25, -0.2) is 4.79 Å². The number of benzene rings is 1. The van der Waals surface area contributed by atoms with Gasteiger partial charge < -0.3 is 10.1 Å². The van der Waals surface area contributed by atoms with Crippen LogP contribution in [0.1, 0.15) is 35.8 Å². The Morgan fingerprint density at radius 2 is 2.12 bits per heavy atom. The topological polar surface area (TPSA) is 55.4 Å². The molecule has 3 rings (SSSR count). The van der Waals surface area contributed by atoms with Gasteiger partial charge in [0.1, 0.15) is 0 Å². The molecule has 0 radical (unpaired) electrons. The van der Waals surface area contributed by atoms with Gasteiger partial charge in [-0.1, -0.05) is 35.9 Å². The number of carbonyl (C=O) groups excluding carboxylic acids is 2. The van der Waals surface area contributed by atoms with Crippen molar-refractivity contribution in [3.05, 3.63) is 57.8 Å². The number of nitrogens with one attached hydrogen (secondary N) is 1. The summed E-state index contributed by atoms with van der Waals surface area (Å²) >= 11 is 1.47. The average molecular weight is 369 g/mol. The van der Waals surface area contributed by atoms with Crippen LogP contribution in [0, 0.1) is 12.8 Å². The molecule has 1 aromatic carbocycles. The summed E-state index contributed by atoms with van der Waals surface area (Å²) in [7, 11) is 0. The summed E-state index contributed by atoms with van der Waals surface area (Å²) in [5.41, 5.74) is 2.51. The fourth-order valence-corrected chi connectivity index (χ4v) is 3.54. The van der Waals surface area contributed by atoms with Gasteiger partial charge in [-0.05, 0) is 55.7 Å². The molecule has 1 atom stereocenters. The van der Waals surface area contributed by atoms with Crippen molar-refractivity contribution in [3.8, 4) is 0 Å². The van der Waals surface area contributed by atoms with Crippen LogP contribution in [0.2, 0.25) is 0 Å². The van der Waals surface area contributed by atoms with Crippen LogP contribution in [-0.4, -0.2) is 24.5 Å². The highest BCUT2D eigenvalue weighted by atomic mass is 32.1. The van der Waals surface area contributed by atoms with E-state index in [4.69, 9.17) is 4.74 Å². The van der Waals surface area contributed by atoms with Crippen molar-refractivity contribution in [1.29, 1.82) is 0 Å². The van der Waals surface area contributed by atoms with Crippen LogP contribution in [-0.2, 0) is 14.3 Å². The molecule has 1 aromatic heterocycles. The second-order valence-corrected chi connectivity index (χ2v) is 7.67. The average Bonchev–Trinajstić information content (AvgIpc) is 3.33. The van der Waals surface area contributed by atoms with Crippen LogP contribution < -0.4 is 5.32 Å². The Bertz CT molecular complexity index is 806. The van der Waals surface area contributed by atoms with E-state index in [2.05, 4.69) is 5.32 Å². The number of hydrogen-bond acceptors (Lipinski definition) is 4. The zero-order valence-corrected chi connectivity index (χ0v) is 15.8. The highest BCUT2D eigenvalue weighted by Crippen LogP contribution is 2.32. The molecule has 136 valence electrons. The third kappa shape index (κ3) is 5.05. The Morgan fingerprint density at radius 3 is 2.77 bits per heavy atom. The van der Waals surface area contributed by atoms with Crippen LogP contribution in [0.25, 0.3) is 11.6 Å². The quantitative estimate of drug-likeness (QED) is 0.592. The van der Waals surface area contributed by atoms with E-state index in [1.807, 2.05) is 61.7 Å². The first-order valence-corrected chi connectivity index (χ1v) is 9.69. The van der Waals surface area contributed by atoms with E-state index in [1.165, 1.54) is 11.3 Å². The van der Waals surface area contributed by atoms with E-state index in [1.54, 1.807) is 0 Å². The molecule has 1 aliphatic rings. The van der Waals surface area contributed by atoms with E-state index < -0.39 is 5.97 Å². The predicted octanol–water partition coefficient (Wildman–Crippen LogP) is 4.06. The van der Waals surface area contributed by atoms with Crippen LogP contribution in [0.15, 0.2) is 41.8 Å². The molecule has 1 aliphatic carbocycles. The molecule has 0 unspecified atom stereocenters. The van der Waals surface area contributed by atoms with E-state index in [9.17, 15) is 9.59 Å². The van der Waals surface area contributed by atoms with Gasteiger partial charge in [0, 0.05) is 10.9 Å². The normalized spacial score (nSPS) is 15.4. The number of hydrogen-bond donors (Lipinski definition) is 1. The lowest BCUT2D eigenvalue weighted by molar-refractivity contribution is -0.143. The Balaban J connectivity index is 1.68. The minimum absolute atomic E-state index is 0.140. The zero-order valence-electron chi connectivity index (χ0n) is 15.0. The number of carbonyl (C=O) groups is 2. The van der Waals surface area contributed by atoms with E-state index in [-0.39, 0.29) is 18.6 Å². The molecular formula is C21H23NO3S. The second-order valence-electron chi connectivity index (χ2n) is 6.72. The highest BCUT2D eigenvalue weighted by molar-refractivity contribution is 7.11. The van der Waals surface area contributed by atoms with Gasteiger partial charge in [0.25, 0.3) is 5.91 Å². The van der Waals surface area contributed by atoms with Gasteiger partial charge in [0.05, 0.1) is 5.57 Å². The first kappa shape index (κ1) is 18.4. The fourth-order valence-electron chi connectivity index (χ4n) is 2.81. The molecule has 0 bridgehead atoms. The van der Waals surface area contributed by atoms with E-state index in [0.29, 0.717) is 11.5 Å². The van der Waals surface area contributed by atoms with Crippen molar-refractivity contribution < 1.29 is 14.3 Å². The largest absolute Gasteiger partial charge is 0.452 e. The maximum atomic E-state index is 12.6. The number of thiophene rings is 1. The van der Waals surface area contributed by atoms with Crippen LogP contribution in [0.3, 0.4) is 0 Å². The molecule has 1 N–H and O–H groups in total. The molecule has 1 fully saturated rings. The van der Waals surface area contributed by atoms with Gasteiger partial charge in [-0.3, -0.25) is 4.79 Å². The highest BCUT2D eigenvalue weighted by Gasteiger charge is 2.29. The number of aryl methyl sites for hydroxylation is 1. The maximum Gasteiger partial charge on any atom is 0.340 e. The van der Waals surface area contributed by atoms with Gasteiger partial charge >= 0.3 is 5.97 Å². The van der Waals surface area contributed by atoms with Gasteiger partial charge in [-0.2, -0.15) is 0 Å². The zero-order chi connectivity index (χ0) is 18.5. The summed E-state index contributed by atoms with van der Waals surface area (Å²) in [6, 6.07) is 11.8. The van der Waals surface area contributed by atoms with Gasteiger partial charge in [0.2, 0.25) is 0 Å². The molecule has 0 spiro atoms. The number of ether oxygens (including phenoxy) is 1. The monoisotopic (exact) mass is 369 g/mol. The summed E-state index contributed by atoms with van der Waals surface area (Å²) in [5, 5.41) is 4.81. The van der Waals surface area contributed by atoms with Crippen molar-refractivity contribution in [1.82, 2.24) is 5.32 Å². The molecule has 1 heterocycles. The van der Waals surface area contributed by atoms with Crippen LogP contribution in [0.4, 0.5) is 0 Å². The first-order chi connectivity index (χ1) is 12.5. The van der Waals surface area contributed by atoms with Gasteiger partial charge in [-0.15, -0.1) is 11.3 Å². The summed E-state index contributed by atoms with van der Waals surface area (Å²) in [6.45, 7) is 3.74. The molecule has 1 amide bonds. The Labute approximate surface area is 157 Å². The Hall–Kier alpha value is -2.40. The third-order valence-electron chi connectivity index (χ3n) is 4.41. The molecule has 4 nitrogen and oxygen atoms in total. The standard InChI is InChI=1S/C21H23NO3S/c1-14-5-3-6-16(11-14)12-18(19-7-4-10-26-19)21(24)25-13-20(23)22-15(2)17-8-9-17/h3-7,10-12,15,17H,8-9,13H2,1-2H3,(H,22,23)/b18-12+/t15-/m1/s1. The molecule has 26 heavy (non-hydrogen) atoms. The summed E-state index contributed by atoms with van der Waals surface area (Å²) in [5.74, 6) is -0.167. The van der Waals surface area contributed by atoms with Crippen molar-refractivity contribution >= 4 is 34.9 Å². The lowest BCUT2D eigenvalue weighted by atomic mass is 10.1. The van der Waals surface area contributed by atoms with Gasteiger partial charge in [0.15, 0.2) is 6.61 Å². The van der Waals surface area contributed by atoms with Crippen molar-refractivity contribution in [2.24, 2.45) is 5.92 Å². The first-order valence-electron chi connectivity index (χ1n) is 8.81.